The fourth-order valence-electron chi connectivity index (χ4n) is 3.67. The Balaban J connectivity index is 1.83. The van der Waals surface area contributed by atoms with Crippen LogP contribution >= 0.6 is 0 Å². The number of benzene rings is 2. The van der Waals surface area contributed by atoms with Crippen molar-refractivity contribution < 1.29 is 19.1 Å². The van der Waals surface area contributed by atoms with Crippen LogP contribution in [0.4, 0.5) is 0 Å². The fourth-order valence-corrected chi connectivity index (χ4v) is 3.67. The van der Waals surface area contributed by atoms with Gasteiger partial charge in [0, 0.05) is 0 Å². The lowest BCUT2D eigenvalue weighted by atomic mass is 9.94. The Bertz CT molecular complexity index is 863. The molecule has 146 valence electrons. The highest BCUT2D eigenvalue weighted by molar-refractivity contribution is 5.98. The van der Waals surface area contributed by atoms with Gasteiger partial charge in [-0.3, -0.25) is 14.4 Å². The minimum atomic E-state index is -0.952. The summed E-state index contributed by atoms with van der Waals surface area (Å²) >= 11 is 0. The van der Waals surface area contributed by atoms with Crippen molar-refractivity contribution in [2.75, 3.05) is 6.61 Å². The minimum Gasteiger partial charge on any atom is -0.466 e. The van der Waals surface area contributed by atoms with E-state index in [-0.39, 0.29) is 18.9 Å². The van der Waals surface area contributed by atoms with Gasteiger partial charge in [0.15, 0.2) is 0 Å². The molecule has 2 aromatic rings. The number of primary amides is 1. The summed E-state index contributed by atoms with van der Waals surface area (Å²) in [6, 6.07) is 14.5. The molecule has 0 fully saturated rings. The predicted molar refractivity (Wildman–Crippen MR) is 105 cm³/mol. The van der Waals surface area contributed by atoms with Gasteiger partial charge in [-0.15, -0.1) is 0 Å². The van der Waals surface area contributed by atoms with Crippen LogP contribution in [-0.4, -0.2) is 30.4 Å². The number of carbonyl (C=O) groups is 3. The number of rotatable bonds is 7. The van der Waals surface area contributed by atoms with Crippen molar-refractivity contribution in [1.29, 1.82) is 0 Å². The molecule has 0 aliphatic heterocycles. The first kappa shape index (κ1) is 19.6. The molecule has 0 aromatic heterocycles. The lowest BCUT2D eigenvalue weighted by molar-refractivity contribution is -0.148. The molecule has 1 aliphatic rings. The van der Waals surface area contributed by atoms with Gasteiger partial charge in [0.05, 0.1) is 18.4 Å². The molecule has 0 heterocycles. The van der Waals surface area contributed by atoms with Gasteiger partial charge in [-0.1, -0.05) is 55.5 Å². The Hall–Kier alpha value is -3.15. The van der Waals surface area contributed by atoms with E-state index in [9.17, 15) is 14.4 Å². The summed E-state index contributed by atoms with van der Waals surface area (Å²) in [5, 5.41) is 2.75. The topological polar surface area (TPSA) is 98.5 Å². The van der Waals surface area contributed by atoms with Crippen molar-refractivity contribution in [2.24, 2.45) is 11.7 Å². The molecule has 6 heteroatoms. The maximum absolute atomic E-state index is 13.1. The third-order valence-corrected chi connectivity index (χ3v) is 5.03. The van der Waals surface area contributed by atoms with Gasteiger partial charge in [0.1, 0.15) is 6.04 Å². The highest BCUT2D eigenvalue weighted by Crippen LogP contribution is 2.44. The van der Waals surface area contributed by atoms with Crippen LogP contribution in [0.15, 0.2) is 48.5 Å². The maximum Gasteiger partial charge on any atom is 0.308 e. The van der Waals surface area contributed by atoms with Gasteiger partial charge in [-0.05, 0) is 35.6 Å². The molecule has 0 spiro atoms. The molecule has 0 saturated carbocycles. The SMILES string of the molecule is CCOC(=O)[C@@H](C)C[C@@H](NC(=O)C1c2ccccc2-c2ccccc21)C(N)=O. The van der Waals surface area contributed by atoms with E-state index >= 15 is 0 Å². The number of amides is 2. The van der Waals surface area contributed by atoms with Crippen molar-refractivity contribution in [3.63, 3.8) is 0 Å². The van der Waals surface area contributed by atoms with E-state index in [2.05, 4.69) is 5.32 Å². The molecule has 3 N–H and O–H groups in total. The molecule has 0 saturated heterocycles. The largest absolute Gasteiger partial charge is 0.466 e. The lowest BCUT2D eigenvalue weighted by Crippen LogP contribution is -2.47. The number of hydrogen-bond donors (Lipinski definition) is 2. The molecule has 0 unspecified atom stereocenters. The van der Waals surface area contributed by atoms with Gasteiger partial charge >= 0.3 is 5.97 Å². The van der Waals surface area contributed by atoms with Gasteiger partial charge in [0.25, 0.3) is 0 Å². The molecule has 6 nitrogen and oxygen atoms in total. The van der Waals surface area contributed by atoms with E-state index in [1.807, 2.05) is 48.5 Å². The zero-order valence-corrected chi connectivity index (χ0v) is 16.0. The molecule has 1 aliphatic carbocycles. The number of nitrogens with two attached hydrogens (primary N) is 1. The summed E-state index contributed by atoms with van der Waals surface area (Å²) in [5.74, 6) is -2.48. The van der Waals surface area contributed by atoms with Crippen LogP contribution in [0.2, 0.25) is 0 Å². The smallest absolute Gasteiger partial charge is 0.308 e. The van der Waals surface area contributed by atoms with Crippen LogP contribution in [0.25, 0.3) is 11.1 Å². The van der Waals surface area contributed by atoms with E-state index in [1.54, 1.807) is 13.8 Å². The van der Waals surface area contributed by atoms with Crippen molar-refractivity contribution >= 4 is 17.8 Å². The Labute approximate surface area is 164 Å². The first-order valence-corrected chi connectivity index (χ1v) is 9.38. The highest BCUT2D eigenvalue weighted by Gasteiger charge is 2.35. The number of fused-ring (bicyclic) bond motifs is 3. The zero-order valence-electron chi connectivity index (χ0n) is 16.0. The van der Waals surface area contributed by atoms with E-state index in [1.165, 1.54) is 0 Å². The van der Waals surface area contributed by atoms with E-state index in [0.29, 0.717) is 0 Å². The number of carbonyl (C=O) groups excluding carboxylic acids is 3. The zero-order chi connectivity index (χ0) is 20.3. The lowest BCUT2D eigenvalue weighted by Gasteiger charge is -2.21. The number of hydrogen-bond acceptors (Lipinski definition) is 4. The molecule has 0 radical (unpaired) electrons. The number of nitrogens with one attached hydrogen (secondary N) is 1. The quantitative estimate of drug-likeness (QED) is 0.721. The van der Waals surface area contributed by atoms with E-state index < -0.39 is 29.8 Å². The summed E-state index contributed by atoms with van der Waals surface area (Å²) in [5.41, 5.74) is 9.29. The van der Waals surface area contributed by atoms with Crippen molar-refractivity contribution in [2.45, 2.75) is 32.2 Å². The summed E-state index contributed by atoms with van der Waals surface area (Å²) in [6.07, 6.45) is 0.0932. The second-order valence-corrected chi connectivity index (χ2v) is 6.96. The molecule has 3 rings (SSSR count). The number of ether oxygens (including phenoxy) is 1. The van der Waals surface area contributed by atoms with Crippen LogP contribution in [0.5, 0.6) is 0 Å². The van der Waals surface area contributed by atoms with E-state index in [0.717, 1.165) is 22.3 Å². The molecule has 2 atom stereocenters. The maximum atomic E-state index is 13.1. The van der Waals surface area contributed by atoms with Gasteiger partial charge in [-0.2, -0.15) is 0 Å². The molecule has 2 aromatic carbocycles. The molecule has 2 amide bonds. The summed E-state index contributed by atoms with van der Waals surface area (Å²) in [4.78, 5) is 36.9. The van der Waals surface area contributed by atoms with Gasteiger partial charge < -0.3 is 15.8 Å². The Kier molecular flexibility index (Phi) is 5.78. The van der Waals surface area contributed by atoms with Gasteiger partial charge in [0.2, 0.25) is 11.8 Å². The molecular weight excluding hydrogens is 356 g/mol. The van der Waals surface area contributed by atoms with E-state index in [4.69, 9.17) is 10.5 Å². The van der Waals surface area contributed by atoms with Crippen LogP contribution in [0.3, 0.4) is 0 Å². The Morgan fingerprint density at radius 1 is 1.04 bits per heavy atom. The third kappa shape index (κ3) is 3.76. The summed E-state index contributed by atoms with van der Waals surface area (Å²) in [7, 11) is 0. The van der Waals surface area contributed by atoms with Crippen LogP contribution in [0, 0.1) is 5.92 Å². The highest BCUT2D eigenvalue weighted by atomic mass is 16.5. The minimum absolute atomic E-state index is 0.0932. The summed E-state index contributed by atoms with van der Waals surface area (Å²) < 4.78 is 4.98. The first-order chi connectivity index (χ1) is 13.4. The van der Waals surface area contributed by atoms with Gasteiger partial charge in [-0.25, -0.2) is 0 Å². The number of esters is 1. The Morgan fingerprint density at radius 2 is 1.57 bits per heavy atom. The third-order valence-electron chi connectivity index (χ3n) is 5.03. The van der Waals surface area contributed by atoms with Crippen molar-refractivity contribution in [3.8, 4) is 11.1 Å². The summed E-state index contributed by atoms with van der Waals surface area (Å²) in [6.45, 7) is 3.62. The van der Waals surface area contributed by atoms with Crippen LogP contribution < -0.4 is 11.1 Å². The first-order valence-electron chi connectivity index (χ1n) is 9.38. The fraction of sp³-hybridized carbons (Fsp3) is 0.318. The normalized spacial score (nSPS) is 14.5. The van der Waals surface area contributed by atoms with Crippen LogP contribution in [0.1, 0.15) is 37.3 Å². The Morgan fingerprint density at radius 3 is 2.07 bits per heavy atom. The average Bonchev–Trinajstić information content (AvgIpc) is 3.02. The monoisotopic (exact) mass is 380 g/mol. The molecule has 28 heavy (non-hydrogen) atoms. The molecule has 0 bridgehead atoms. The molecular formula is C22H24N2O4. The standard InChI is InChI=1S/C22H24N2O4/c1-3-28-22(27)13(2)12-18(20(23)25)24-21(26)19-16-10-6-4-8-14(16)15-9-5-7-11-17(15)19/h4-11,13,18-19H,3,12H2,1-2H3,(H2,23,25)(H,24,26)/t13-,18+/m0/s1. The second-order valence-electron chi connectivity index (χ2n) is 6.96. The average molecular weight is 380 g/mol. The second kappa shape index (κ2) is 8.25. The predicted octanol–water partition coefficient (Wildman–Crippen LogP) is 2.36. The van der Waals surface area contributed by atoms with Crippen molar-refractivity contribution in [1.82, 2.24) is 5.32 Å². The van der Waals surface area contributed by atoms with Crippen molar-refractivity contribution in [3.05, 3.63) is 59.7 Å². The van der Waals surface area contributed by atoms with Crippen LogP contribution in [-0.2, 0) is 19.1 Å².